The number of fused-ring (bicyclic) bond motifs is 2. The maximum atomic E-state index is 2.27. The minimum Gasteiger partial charge on any atom is -0.0877 e. The molecule has 98 valence electrons. The van der Waals surface area contributed by atoms with Crippen molar-refractivity contribution in [3.8, 4) is 0 Å². The van der Waals surface area contributed by atoms with Crippen molar-refractivity contribution in [2.45, 2.75) is 13.8 Å². The highest BCUT2D eigenvalue weighted by Gasteiger charge is 2.08. The van der Waals surface area contributed by atoms with E-state index in [4.69, 9.17) is 0 Å². The maximum Gasteiger partial charge on any atom is -0.00701 e. The molecule has 0 aliphatic carbocycles. The first-order valence-corrected chi connectivity index (χ1v) is 7.01. The fourth-order valence-electron chi connectivity index (χ4n) is 2.76. The first kappa shape index (κ1) is 12.7. The van der Waals surface area contributed by atoms with Gasteiger partial charge in [0.15, 0.2) is 0 Å². The molecule has 0 N–H and O–H groups in total. The molecule has 0 atom stereocenters. The second kappa shape index (κ2) is 5.34. The Kier molecular flexibility index (Phi) is 3.39. The highest BCUT2D eigenvalue weighted by atomic mass is 14.1. The SMILES string of the molecule is C/C=C\C=C(/C)c1c2ccccc2cc2ccccc12. The Labute approximate surface area is 120 Å². The molecule has 0 saturated heterocycles. The van der Waals surface area contributed by atoms with Gasteiger partial charge >= 0.3 is 0 Å². The summed E-state index contributed by atoms with van der Waals surface area (Å²) in [5, 5.41) is 5.25. The molecule has 0 aromatic heterocycles. The van der Waals surface area contributed by atoms with Crippen LogP contribution in [0.2, 0.25) is 0 Å². The van der Waals surface area contributed by atoms with Gasteiger partial charge in [0, 0.05) is 0 Å². The fourth-order valence-corrected chi connectivity index (χ4v) is 2.76. The average Bonchev–Trinajstić information content (AvgIpc) is 2.50. The van der Waals surface area contributed by atoms with E-state index >= 15 is 0 Å². The molecule has 0 aliphatic rings. The van der Waals surface area contributed by atoms with E-state index < -0.39 is 0 Å². The third-order valence-corrected chi connectivity index (χ3v) is 3.70. The van der Waals surface area contributed by atoms with Crippen molar-refractivity contribution in [2.24, 2.45) is 0 Å². The lowest BCUT2D eigenvalue weighted by Gasteiger charge is -2.12. The molecule has 0 spiro atoms. The fraction of sp³-hybridized carbons (Fsp3) is 0.100. The Hall–Kier alpha value is -2.34. The average molecular weight is 258 g/mol. The molecule has 0 amide bonds. The third kappa shape index (κ3) is 2.14. The normalized spacial score (nSPS) is 12.6. The molecule has 3 aromatic carbocycles. The summed E-state index contributed by atoms with van der Waals surface area (Å²) in [7, 11) is 0. The molecule has 0 nitrogen and oxygen atoms in total. The Balaban J connectivity index is 2.45. The van der Waals surface area contributed by atoms with Crippen LogP contribution in [0.1, 0.15) is 19.4 Å². The summed E-state index contributed by atoms with van der Waals surface area (Å²) in [4.78, 5) is 0. The summed E-state index contributed by atoms with van der Waals surface area (Å²) in [6.45, 7) is 4.24. The summed E-state index contributed by atoms with van der Waals surface area (Å²) >= 11 is 0. The molecular formula is C20H18. The van der Waals surface area contributed by atoms with E-state index in [1.165, 1.54) is 32.7 Å². The quantitative estimate of drug-likeness (QED) is 0.392. The van der Waals surface area contributed by atoms with Gasteiger partial charge in [0.1, 0.15) is 0 Å². The Morgan fingerprint density at radius 2 is 1.40 bits per heavy atom. The van der Waals surface area contributed by atoms with E-state index in [-0.39, 0.29) is 0 Å². The zero-order valence-electron chi connectivity index (χ0n) is 11.9. The lowest BCUT2D eigenvalue weighted by Crippen LogP contribution is -1.87. The van der Waals surface area contributed by atoms with E-state index in [1.54, 1.807) is 0 Å². The van der Waals surface area contributed by atoms with Gasteiger partial charge in [-0.25, -0.2) is 0 Å². The highest BCUT2D eigenvalue weighted by Crippen LogP contribution is 2.33. The number of hydrogen-bond acceptors (Lipinski definition) is 0. The summed E-state index contributed by atoms with van der Waals surface area (Å²) in [5.74, 6) is 0. The van der Waals surface area contributed by atoms with Crippen molar-refractivity contribution in [2.75, 3.05) is 0 Å². The summed E-state index contributed by atoms with van der Waals surface area (Å²) in [6, 6.07) is 19.5. The highest BCUT2D eigenvalue weighted by molar-refractivity contribution is 6.08. The first-order valence-electron chi connectivity index (χ1n) is 7.01. The second-order valence-corrected chi connectivity index (χ2v) is 5.07. The molecule has 20 heavy (non-hydrogen) atoms. The van der Waals surface area contributed by atoms with Gasteiger partial charge in [-0.3, -0.25) is 0 Å². The van der Waals surface area contributed by atoms with Crippen molar-refractivity contribution in [1.29, 1.82) is 0 Å². The number of rotatable bonds is 2. The minimum atomic E-state index is 1.30. The van der Waals surface area contributed by atoms with Crippen LogP contribution >= 0.6 is 0 Å². The van der Waals surface area contributed by atoms with E-state index in [2.05, 4.69) is 79.7 Å². The molecule has 0 unspecified atom stereocenters. The summed E-state index contributed by atoms with van der Waals surface area (Å²) in [6.07, 6.45) is 6.36. The molecule has 0 heteroatoms. The predicted octanol–water partition coefficient (Wildman–Crippen LogP) is 5.97. The topological polar surface area (TPSA) is 0 Å². The molecular weight excluding hydrogens is 240 g/mol. The molecule has 3 aromatic rings. The Morgan fingerprint density at radius 1 is 0.850 bits per heavy atom. The van der Waals surface area contributed by atoms with Gasteiger partial charge in [-0.1, -0.05) is 66.8 Å². The molecule has 0 heterocycles. The van der Waals surface area contributed by atoms with Crippen LogP contribution in [0.15, 0.2) is 72.8 Å². The largest absolute Gasteiger partial charge is 0.0877 e. The van der Waals surface area contributed by atoms with Crippen molar-refractivity contribution >= 4 is 27.1 Å². The van der Waals surface area contributed by atoms with Gasteiger partial charge < -0.3 is 0 Å². The third-order valence-electron chi connectivity index (χ3n) is 3.70. The second-order valence-electron chi connectivity index (χ2n) is 5.07. The van der Waals surface area contributed by atoms with Crippen molar-refractivity contribution in [1.82, 2.24) is 0 Å². The van der Waals surface area contributed by atoms with Crippen LogP contribution in [0.5, 0.6) is 0 Å². The number of allylic oxidation sites excluding steroid dienone is 4. The van der Waals surface area contributed by atoms with Gasteiger partial charge in [-0.2, -0.15) is 0 Å². The van der Waals surface area contributed by atoms with Crippen LogP contribution in [0, 0.1) is 0 Å². The first-order chi connectivity index (χ1) is 9.81. The summed E-state index contributed by atoms with van der Waals surface area (Å²) < 4.78 is 0. The van der Waals surface area contributed by atoms with Crippen molar-refractivity contribution < 1.29 is 0 Å². The van der Waals surface area contributed by atoms with Crippen LogP contribution in [-0.4, -0.2) is 0 Å². The zero-order valence-corrected chi connectivity index (χ0v) is 11.9. The standard InChI is InChI=1S/C20H18/c1-3-4-9-15(2)20-18-12-7-5-10-16(18)14-17-11-6-8-13-19(17)20/h3-14H,1-2H3/b4-3-,15-9+. The molecule has 0 radical (unpaired) electrons. The van der Waals surface area contributed by atoms with Gasteiger partial charge in [-0.15, -0.1) is 0 Å². The lowest BCUT2D eigenvalue weighted by atomic mass is 9.92. The van der Waals surface area contributed by atoms with Gasteiger partial charge in [0.25, 0.3) is 0 Å². The van der Waals surface area contributed by atoms with Crippen LogP contribution in [0.25, 0.3) is 27.1 Å². The number of hydrogen-bond donors (Lipinski definition) is 0. The Morgan fingerprint density at radius 3 is 1.95 bits per heavy atom. The van der Waals surface area contributed by atoms with E-state index in [0.29, 0.717) is 0 Å². The zero-order chi connectivity index (χ0) is 13.9. The van der Waals surface area contributed by atoms with Gasteiger partial charge in [-0.05, 0) is 52.6 Å². The van der Waals surface area contributed by atoms with Crippen LogP contribution in [0.3, 0.4) is 0 Å². The van der Waals surface area contributed by atoms with E-state index in [1.807, 2.05) is 6.92 Å². The van der Waals surface area contributed by atoms with E-state index in [0.717, 1.165) is 0 Å². The smallest absolute Gasteiger partial charge is 0.00701 e. The Bertz CT molecular complexity index is 766. The maximum absolute atomic E-state index is 2.27. The van der Waals surface area contributed by atoms with Gasteiger partial charge in [0.2, 0.25) is 0 Å². The number of benzene rings is 3. The summed E-state index contributed by atoms with van der Waals surface area (Å²) in [5.41, 5.74) is 2.65. The molecule has 3 rings (SSSR count). The molecule has 0 fully saturated rings. The van der Waals surface area contributed by atoms with Crippen molar-refractivity contribution in [3.05, 3.63) is 78.4 Å². The molecule has 0 aliphatic heterocycles. The van der Waals surface area contributed by atoms with Crippen LogP contribution in [-0.2, 0) is 0 Å². The predicted molar refractivity (Wildman–Crippen MR) is 89.9 cm³/mol. The minimum absolute atomic E-state index is 1.30. The van der Waals surface area contributed by atoms with Crippen LogP contribution in [0.4, 0.5) is 0 Å². The monoisotopic (exact) mass is 258 g/mol. The molecule has 0 bridgehead atoms. The van der Waals surface area contributed by atoms with Crippen molar-refractivity contribution in [3.63, 3.8) is 0 Å². The lowest BCUT2D eigenvalue weighted by molar-refractivity contribution is 1.64. The van der Waals surface area contributed by atoms with E-state index in [9.17, 15) is 0 Å². The molecule has 0 saturated carbocycles. The van der Waals surface area contributed by atoms with Gasteiger partial charge in [0.05, 0.1) is 0 Å². The van der Waals surface area contributed by atoms with Crippen LogP contribution < -0.4 is 0 Å².